The van der Waals surface area contributed by atoms with Crippen LogP contribution < -0.4 is 16.6 Å². The standard InChI is InChI=1S/C13H17N5O2/c1-9(4-5-10-3-2-8-20-10)15-13(19)11-6-7-12(16-14)18-17-11/h2-3,6-9H,4-5,14H2,1H3,(H,15,19)(H,16,18). The number of nitrogens with zero attached hydrogens (tertiary/aromatic N) is 2. The van der Waals surface area contributed by atoms with Crippen LogP contribution in [0.3, 0.4) is 0 Å². The topological polar surface area (TPSA) is 106 Å². The first kappa shape index (κ1) is 14.0. The van der Waals surface area contributed by atoms with E-state index in [0.29, 0.717) is 5.82 Å². The maximum absolute atomic E-state index is 11.9. The average Bonchev–Trinajstić information content (AvgIpc) is 2.98. The molecule has 0 saturated carbocycles. The summed E-state index contributed by atoms with van der Waals surface area (Å²) in [6.07, 6.45) is 3.20. The Bertz CT molecular complexity index is 538. The summed E-state index contributed by atoms with van der Waals surface area (Å²) < 4.78 is 5.25. The smallest absolute Gasteiger partial charge is 0.272 e. The van der Waals surface area contributed by atoms with Gasteiger partial charge in [-0.25, -0.2) is 5.84 Å². The van der Waals surface area contributed by atoms with Crippen LogP contribution in [0.2, 0.25) is 0 Å². The molecule has 2 aromatic rings. The van der Waals surface area contributed by atoms with Crippen LogP contribution in [0, 0.1) is 0 Å². The molecule has 1 atom stereocenters. The van der Waals surface area contributed by atoms with Gasteiger partial charge < -0.3 is 15.2 Å². The van der Waals surface area contributed by atoms with Crippen molar-refractivity contribution in [1.29, 1.82) is 0 Å². The van der Waals surface area contributed by atoms with Gasteiger partial charge in [-0.3, -0.25) is 4.79 Å². The van der Waals surface area contributed by atoms with Gasteiger partial charge in [0.15, 0.2) is 11.5 Å². The summed E-state index contributed by atoms with van der Waals surface area (Å²) in [6.45, 7) is 1.93. The Kier molecular flexibility index (Phi) is 4.67. The van der Waals surface area contributed by atoms with E-state index in [2.05, 4.69) is 20.9 Å². The summed E-state index contributed by atoms with van der Waals surface area (Å²) in [7, 11) is 0. The van der Waals surface area contributed by atoms with Gasteiger partial charge in [0.1, 0.15) is 5.76 Å². The van der Waals surface area contributed by atoms with Gasteiger partial charge in [0, 0.05) is 12.5 Å². The van der Waals surface area contributed by atoms with Gasteiger partial charge in [0.25, 0.3) is 5.91 Å². The highest BCUT2D eigenvalue weighted by molar-refractivity contribution is 5.92. The molecular weight excluding hydrogens is 258 g/mol. The van der Waals surface area contributed by atoms with Crippen LogP contribution in [-0.4, -0.2) is 22.1 Å². The monoisotopic (exact) mass is 275 g/mol. The number of carbonyl (C=O) groups is 1. The van der Waals surface area contributed by atoms with Crippen molar-refractivity contribution >= 4 is 11.7 Å². The Morgan fingerprint density at radius 3 is 2.85 bits per heavy atom. The maximum Gasteiger partial charge on any atom is 0.272 e. The summed E-state index contributed by atoms with van der Waals surface area (Å²) in [5.74, 6) is 6.24. The van der Waals surface area contributed by atoms with Gasteiger partial charge in [0.05, 0.1) is 6.26 Å². The average molecular weight is 275 g/mol. The van der Waals surface area contributed by atoms with Crippen molar-refractivity contribution in [1.82, 2.24) is 15.5 Å². The third-order valence-electron chi connectivity index (χ3n) is 2.83. The van der Waals surface area contributed by atoms with E-state index in [9.17, 15) is 4.79 Å². The number of aryl methyl sites for hydroxylation is 1. The fourth-order valence-electron chi connectivity index (χ4n) is 1.71. The van der Waals surface area contributed by atoms with E-state index in [1.165, 1.54) is 0 Å². The van der Waals surface area contributed by atoms with E-state index in [1.54, 1.807) is 18.4 Å². The Balaban J connectivity index is 1.83. The second-order valence-electron chi connectivity index (χ2n) is 4.44. The number of amides is 1. The highest BCUT2D eigenvalue weighted by atomic mass is 16.3. The number of furan rings is 1. The number of hydrogen-bond acceptors (Lipinski definition) is 6. The highest BCUT2D eigenvalue weighted by Gasteiger charge is 2.12. The first-order chi connectivity index (χ1) is 9.69. The van der Waals surface area contributed by atoms with Crippen LogP contribution in [0.5, 0.6) is 0 Å². The molecule has 0 bridgehead atoms. The lowest BCUT2D eigenvalue weighted by molar-refractivity contribution is 0.0932. The summed E-state index contributed by atoms with van der Waals surface area (Å²) in [5, 5.41) is 10.4. The van der Waals surface area contributed by atoms with Crippen molar-refractivity contribution in [3.05, 3.63) is 42.0 Å². The second-order valence-corrected chi connectivity index (χ2v) is 4.44. The van der Waals surface area contributed by atoms with E-state index in [-0.39, 0.29) is 17.6 Å². The summed E-state index contributed by atoms with van der Waals surface area (Å²) in [5.41, 5.74) is 2.61. The molecule has 0 aromatic carbocycles. The molecule has 1 amide bonds. The molecule has 2 heterocycles. The van der Waals surface area contributed by atoms with Crippen LogP contribution >= 0.6 is 0 Å². The maximum atomic E-state index is 11.9. The molecule has 0 aliphatic heterocycles. The number of nitrogens with one attached hydrogen (secondary N) is 2. The van der Waals surface area contributed by atoms with Crippen molar-refractivity contribution in [2.45, 2.75) is 25.8 Å². The quantitative estimate of drug-likeness (QED) is 0.538. The van der Waals surface area contributed by atoms with Crippen LogP contribution in [0.4, 0.5) is 5.82 Å². The van der Waals surface area contributed by atoms with Gasteiger partial charge in [-0.15, -0.1) is 10.2 Å². The van der Waals surface area contributed by atoms with E-state index in [1.807, 2.05) is 19.1 Å². The molecular formula is C13H17N5O2. The van der Waals surface area contributed by atoms with Gasteiger partial charge in [-0.1, -0.05) is 0 Å². The fraction of sp³-hybridized carbons (Fsp3) is 0.308. The SMILES string of the molecule is CC(CCc1ccco1)NC(=O)c1ccc(NN)nn1. The lowest BCUT2D eigenvalue weighted by Crippen LogP contribution is -2.33. The normalized spacial score (nSPS) is 11.9. The van der Waals surface area contributed by atoms with Crippen molar-refractivity contribution in [3.63, 3.8) is 0 Å². The summed E-state index contributed by atoms with van der Waals surface area (Å²) in [6, 6.07) is 6.94. The number of aromatic nitrogens is 2. The molecule has 0 fully saturated rings. The van der Waals surface area contributed by atoms with Crippen LogP contribution in [0.15, 0.2) is 34.9 Å². The first-order valence-electron chi connectivity index (χ1n) is 6.32. The summed E-state index contributed by atoms with van der Waals surface area (Å²) in [4.78, 5) is 11.9. The van der Waals surface area contributed by atoms with Gasteiger partial charge in [-0.2, -0.15) is 0 Å². The molecule has 0 aliphatic rings. The fourth-order valence-corrected chi connectivity index (χ4v) is 1.71. The number of nitrogen functional groups attached to an aromatic ring is 1. The number of hydrazine groups is 1. The first-order valence-corrected chi connectivity index (χ1v) is 6.32. The minimum absolute atomic E-state index is 0.0155. The molecule has 7 heteroatoms. The van der Waals surface area contributed by atoms with Gasteiger partial charge >= 0.3 is 0 Å². The predicted octanol–water partition coefficient (Wildman–Crippen LogP) is 1.11. The molecule has 1 unspecified atom stereocenters. The van der Waals surface area contributed by atoms with Crippen LogP contribution in [0.25, 0.3) is 0 Å². The molecule has 0 aliphatic carbocycles. The molecule has 0 spiro atoms. The van der Waals surface area contributed by atoms with E-state index in [4.69, 9.17) is 10.3 Å². The van der Waals surface area contributed by atoms with Crippen molar-refractivity contribution in [3.8, 4) is 0 Å². The summed E-state index contributed by atoms with van der Waals surface area (Å²) >= 11 is 0. The zero-order valence-corrected chi connectivity index (χ0v) is 11.2. The molecule has 2 aromatic heterocycles. The van der Waals surface area contributed by atoms with E-state index < -0.39 is 0 Å². The van der Waals surface area contributed by atoms with Crippen molar-refractivity contribution < 1.29 is 9.21 Å². The van der Waals surface area contributed by atoms with E-state index >= 15 is 0 Å². The number of nitrogens with two attached hydrogens (primary N) is 1. The lowest BCUT2D eigenvalue weighted by Gasteiger charge is -2.12. The largest absolute Gasteiger partial charge is 0.469 e. The van der Waals surface area contributed by atoms with Gasteiger partial charge in [0.2, 0.25) is 0 Å². The lowest BCUT2D eigenvalue weighted by atomic mass is 10.1. The third-order valence-corrected chi connectivity index (χ3v) is 2.83. The minimum Gasteiger partial charge on any atom is -0.469 e. The van der Waals surface area contributed by atoms with Crippen LogP contribution in [0.1, 0.15) is 29.6 Å². The van der Waals surface area contributed by atoms with Crippen molar-refractivity contribution in [2.75, 3.05) is 5.43 Å². The molecule has 106 valence electrons. The Hall–Kier alpha value is -2.41. The Morgan fingerprint density at radius 2 is 2.25 bits per heavy atom. The second kappa shape index (κ2) is 6.67. The van der Waals surface area contributed by atoms with E-state index in [0.717, 1.165) is 18.6 Å². The highest BCUT2D eigenvalue weighted by Crippen LogP contribution is 2.06. The number of rotatable bonds is 6. The number of hydrogen-bond donors (Lipinski definition) is 3. The number of anilines is 1. The predicted molar refractivity (Wildman–Crippen MR) is 73.8 cm³/mol. The third kappa shape index (κ3) is 3.79. The molecule has 0 saturated heterocycles. The Labute approximate surface area is 116 Å². The molecule has 20 heavy (non-hydrogen) atoms. The van der Waals surface area contributed by atoms with Gasteiger partial charge in [-0.05, 0) is 37.6 Å². The molecule has 7 nitrogen and oxygen atoms in total. The molecule has 0 radical (unpaired) electrons. The van der Waals surface area contributed by atoms with Crippen molar-refractivity contribution in [2.24, 2.45) is 5.84 Å². The minimum atomic E-state index is -0.256. The number of carbonyl (C=O) groups excluding carboxylic acids is 1. The zero-order valence-electron chi connectivity index (χ0n) is 11.2. The zero-order chi connectivity index (χ0) is 14.4. The Morgan fingerprint density at radius 1 is 1.40 bits per heavy atom. The molecule has 2 rings (SSSR count). The van der Waals surface area contributed by atoms with Crippen LogP contribution in [-0.2, 0) is 6.42 Å². The molecule has 4 N–H and O–H groups in total.